The summed E-state index contributed by atoms with van der Waals surface area (Å²) in [6, 6.07) is 3.52. The van der Waals surface area contributed by atoms with Crippen LogP contribution in [0.4, 0.5) is 0 Å². The monoisotopic (exact) mass is 537 g/mol. The van der Waals surface area contributed by atoms with Gasteiger partial charge in [-0.2, -0.15) is 0 Å². The number of carbonyl (C=O) groups is 1. The molecule has 1 aliphatic rings. The van der Waals surface area contributed by atoms with E-state index in [9.17, 15) is 19.4 Å². The Kier molecular flexibility index (Phi) is 12.1. The third-order valence-corrected chi connectivity index (χ3v) is 7.52. The predicted octanol–water partition coefficient (Wildman–Crippen LogP) is 6.52. The summed E-state index contributed by atoms with van der Waals surface area (Å²) in [5, 5.41) is 13.9. The van der Waals surface area contributed by atoms with Crippen molar-refractivity contribution in [2.75, 3.05) is 6.54 Å². The molecule has 1 aromatic rings. The standard InChI is InChI=1S/C28H44NO7P/c1-8-10-11-12-21-16-24(30)26(23-15-20(7)13-14-22(23)18(3)4)25(17-21)34-28(31)27(29-9-2)36-37(32,33)35-19(5)6/h15-17,19,22-23,27,29-30H,3,8-14H2,1-2,4-7H3,(H,32,33)/t22-,23+,27?/m0/s1. The number of nitrogens with one attached hydrogen (secondary N) is 1. The minimum atomic E-state index is -4.53. The third kappa shape index (κ3) is 9.38. The number of phosphoric ester groups is 1. The molecule has 0 aromatic heterocycles. The molecule has 3 N–H and O–H groups in total. The molecule has 1 aromatic carbocycles. The van der Waals surface area contributed by atoms with Crippen LogP contribution in [-0.2, 0) is 24.8 Å². The fourth-order valence-corrected chi connectivity index (χ4v) is 5.66. The van der Waals surface area contributed by atoms with Crippen molar-refractivity contribution in [3.63, 3.8) is 0 Å². The Labute approximate surface area is 221 Å². The SMILES string of the molecule is C=C(C)[C@@H]1CCC(C)=C[C@H]1c1c(O)cc(CCCCC)cc1OC(=O)C(NCC)OP(=O)(O)OC(C)C. The summed E-state index contributed by atoms with van der Waals surface area (Å²) in [5.74, 6) is -0.807. The van der Waals surface area contributed by atoms with Crippen molar-refractivity contribution in [2.24, 2.45) is 5.92 Å². The highest BCUT2D eigenvalue weighted by Crippen LogP contribution is 2.48. The Morgan fingerprint density at radius 1 is 1.24 bits per heavy atom. The van der Waals surface area contributed by atoms with E-state index in [0.717, 1.165) is 49.7 Å². The average Bonchev–Trinajstić information content (AvgIpc) is 2.77. The van der Waals surface area contributed by atoms with Crippen LogP contribution in [0.3, 0.4) is 0 Å². The van der Waals surface area contributed by atoms with Gasteiger partial charge in [-0.3, -0.25) is 14.4 Å². The first-order valence-corrected chi connectivity index (χ1v) is 14.7. The molecule has 0 saturated heterocycles. The number of allylic oxidation sites excluding steroid dienone is 3. The molecule has 2 unspecified atom stereocenters. The number of aromatic hydroxyl groups is 1. The maximum atomic E-state index is 13.3. The molecule has 1 aliphatic carbocycles. The minimum Gasteiger partial charge on any atom is -0.507 e. The van der Waals surface area contributed by atoms with Gasteiger partial charge in [-0.15, -0.1) is 0 Å². The van der Waals surface area contributed by atoms with Crippen LogP contribution >= 0.6 is 7.82 Å². The third-order valence-electron chi connectivity index (χ3n) is 6.36. The van der Waals surface area contributed by atoms with Gasteiger partial charge in [0.15, 0.2) is 0 Å². The second kappa shape index (κ2) is 14.3. The van der Waals surface area contributed by atoms with Crippen molar-refractivity contribution in [1.29, 1.82) is 0 Å². The van der Waals surface area contributed by atoms with Gasteiger partial charge in [-0.05, 0) is 83.5 Å². The number of rotatable bonds is 14. The smallest absolute Gasteiger partial charge is 0.474 e. The minimum absolute atomic E-state index is 0.0517. The molecule has 0 aliphatic heterocycles. The Bertz CT molecular complexity index is 1020. The number of unbranched alkanes of at least 4 members (excludes halogenated alkanes) is 2. The molecule has 0 fully saturated rings. The Hall–Kier alpha value is -1.96. The first-order valence-electron chi connectivity index (χ1n) is 13.2. The van der Waals surface area contributed by atoms with E-state index in [2.05, 4.69) is 24.9 Å². The van der Waals surface area contributed by atoms with Gasteiger partial charge >= 0.3 is 13.8 Å². The van der Waals surface area contributed by atoms with E-state index in [1.807, 2.05) is 13.8 Å². The second-order valence-electron chi connectivity index (χ2n) is 10.1. The summed E-state index contributed by atoms with van der Waals surface area (Å²) in [5.41, 5.74) is 3.52. The number of phosphoric acid groups is 1. The van der Waals surface area contributed by atoms with Crippen LogP contribution in [0.5, 0.6) is 11.5 Å². The summed E-state index contributed by atoms with van der Waals surface area (Å²) in [6.45, 7) is 15.5. The van der Waals surface area contributed by atoms with Crippen LogP contribution in [0.15, 0.2) is 35.9 Å². The molecule has 9 heteroatoms. The summed E-state index contributed by atoms with van der Waals surface area (Å²) in [4.78, 5) is 23.3. The van der Waals surface area contributed by atoms with E-state index in [-0.39, 0.29) is 29.9 Å². The quantitative estimate of drug-likeness (QED) is 0.0613. The number of phenols is 1. The Morgan fingerprint density at radius 3 is 2.54 bits per heavy atom. The number of carbonyl (C=O) groups excluding carboxylic acids is 1. The molecule has 0 heterocycles. The zero-order valence-electron chi connectivity index (χ0n) is 23.1. The summed E-state index contributed by atoms with van der Waals surface area (Å²) in [7, 11) is -4.53. The van der Waals surface area contributed by atoms with Gasteiger partial charge in [0.1, 0.15) is 11.5 Å². The van der Waals surface area contributed by atoms with Crippen LogP contribution < -0.4 is 10.1 Å². The van der Waals surface area contributed by atoms with Crippen LogP contribution in [0.2, 0.25) is 0 Å². The lowest BCUT2D eigenvalue weighted by atomic mass is 9.73. The molecule has 37 heavy (non-hydrogen) atoms. The van der Waals surface area contributed by atoms with Crippen molar-refractivity contribution in [2.45, 2.75) is 98.3 Å². The van der Waals surface area contributed by atoms with Gasteiger partial charge in [-0.25, -0.2) is 9.36 Å². The highest BCUT2D eigenvalue weighted by atomic mass is 31.2. The van der Waals surface area contributed by atoms with E-state index < -0.39 is 26.1 Å². The maximum Gasteiger partial charge on any atom is 0.474 e. The van der Waals surface area contributed by atoms with Gasteiger partial charge in [0.25, 0.3) is 0 Å². The number of phenolic OH excluding ortho intramolecular Hbond substituents is 1. The molecule has 0 saturated carbocycles. The number of hydrogen-bond acceptors (Lipinski definition) is 7. The number of likely N-dealkylation sites (N-methyl/N-ethyl adjacent to an activating group) is 1. The number of ether oxygens (including phenoxy) is 1. The van der Waals surface area contributed by atoms with E-state index in [1.54, 1.807) is 32.9 Å². The van der Waals surface area contributed by atoms with Gasteiger partial charge in [0, 0.05) is 11.5 Å². The first kappa shape index (κ1) is 31.3. The van der Waals surface area contributed by atoms with Crippen molar-refractivity contribution in [1.82, 2.24) is 5.32 Å². The fraction of sp³-hybridized carbons (Fsp3) is 0.607. The maximum absolute atomic E-state index is 13.3. The van der Waals surface area contributed by atoms with Crippen molar-refractivity contribution < 1.29 is 33.1 Å². The molecule has 4 atom stereocenters. The molecule has 0 spiro atoms. The largest absolute Gasteiger partial charge is 0.507 e. The highest BCUT2D eigenvalue weighted by molar-refractivity contribution is 7.47. The fourth-order valence-electron chi connectivity index (χ4n) is 4.65. The van der Waals surface area contributed by atoms with Crippen LogP contribution in [0, 0.1) is 5.92 Å². The molecule has 208 valence electrons. The summed E-state index contributed by atoms with van der Waals surface area (Å²) in [6.07, 6.45) is 5.52. The highest BCUT2D eigenvalue weighted by Gasteiger charge is 2.35. The van der Waals surface area contributed by atoms with Crippen LogP contribution in [-0.4, -0.2) is 34.8 Å². The van der Waals surface area contributed by atoms with E-state index in [0.29, 0.717) is 5.56 Å². The molecule has 2 rings (SSSR count). The zero-order valence-corrected chi connectivity index (χ0v) is 24.0. The predicted molar refractivity (Wildman–Crippen MR) is 146 cm³/mol. The molecule has 0 radical (unpaired) electrons. The number of esters is 1. The van der Waals surface area contributed by atoms with Crippen molar-refractivity contribution in [3.8, 4) is 11.5 Å². The van der Waals surface area contributed by atoms with E-state index in [4.69, 9.17) is 13.8 Å². The Balaban J connectivity index is 2.50. The van der Waals surface area contributed by atoms with Crippen LogP contribution in [0.25, 0.3) is 0 Å². The average molecular weight is 538 g/mol. The van der Waals surface area contributed by atoms with Gasteiger partial charge in [0.2, 0.25) is 6.23 Å². The lowest BCUT2D eigenvalue weighted by molar-refractivity contribution is -0.145. The number of hydrogen-bond donors (Lipinski definition) is 3. The van der Waals surface area contributed by atoms with Crippen molar-refractivity contribution in [3.05, 3.63) is 47.1 Å². The lowest BCUT2D eigenvalue weighted by Gasteiger charge is -2.32. The normalized spacial score (nSPS) is 20.3. The second-order valence-corrected chi connectivity index (χ2v) is 11.5. The van der Waals surface area contributed by atoms with E-state index in [1.165, 1.54) is 5.57 Å². The summed E-state index contributed by atoms with van der Waals surface area (Å²) < 4.78 is 28.3. The number of aryl methyl sites for hydroxylation is 1. The number of benzene rings is 1. The van der Waals surface area contributed by atoms with Crippen LogP contribution in [0.1, 0.15) is 90.7 Å². The first-order chi connectivity index (χ1) is 17.4. The molecular formula is C28H44NO7P. The molecule has 8 nitrogen and oxygen atoms in total. The van der Waals surface area contributed by atoms with Gasteiger partial charge in [0.05, 0.1) is 6.10 Å². The van der Waals surface area contributed by atoms with Crippen molar-refractivity contribution >= 4 is 13.8 Å². The zero-order chi connectivity index (χ0) is 27.8. The van der Waals surface area contributed by atoms with E-state index >= 15 is 0 Å². The molecule has 0 amide bonds. The van der Waals surface area contributed by atoms with Gasteiger partial charge in [-0.1, -0.05) is 50.5 Å². The van der Waals surface area contributed by atoms with Gasteiger partial charge < -0.3 is 14.7 Å². The molecule has 0 bridgehead atoms. The molecular weight excluding hydrogens is 493 g/mol. The summed E-state index contributed by atoms with van der Waals surface area (Å²) >= 11 is 0. The Morgan fingerprint density at radius 2 is 1.95 bits per heavy atom. The lowest BCUT2D eigenvalue weighted by Crippen LogP contribution is -2.41. The topological polar surface area (TPSA) is 114 Å².